The summed E-state index contributed by atoms with van der Waals surface area (Å²) in [4.78, 5) is 31.7. The number of carbonyl (C=O) groups is 2. The average molecular weight is 568 g/mol. The molecule has 0 radical (unpaired) electrons. The number of amides is 2. The molecule has 0 saturated heterocycles. The molecule has 7 nitrogen and oxygen atoms in total. The Kier molecular flexibility index (Phi) is 9.02. The molecule has 0 aliphatic carbocycles. The van der Waals surface area contributed by atoms with Gasteiger partial charge in [-0.05, 0) is 59.5 Å². The summed E-state index contributed by atoms with van der Waals surface area (Å²) >= 11 is 0. The van der Waals surface area contributed by atoms with Crippen molar-refractivity contribution in [2.75, 3.05) is 37.1 Å². The molecule has 42 heavy (non-hydrogen) atoms. The van der Waals surface area contributed by atoms with Crippen LogP contribution in [-0.2, 0) is 22.6 Å². The lowest BCUT2D eigenvalue weighted by atomic mass is 10.0. The Balaban J connectivity index is 1.51. The Hall–Kier alpha value is -4.85. The van der Waals surface area contributed by atoms with E-state index < -0.39 is 17.8 Å². The fourth-order valence-electron chi connectivity index (χ4n) is 5.38. The minimum Gasteiger partial charge on any atom is -0.493 e. The summed E-state index contributed by atoms with van der Waals surface area (Å²) in [6, 6.07) is 27.4. The van der Waals surface area contributed by atoms with Crippen LogP contribution in [0.5, 0.6) is 11.5 Å². The van der Waals surface area contributed by atoms with Crippen LogP contribution in [0, 0.1) is 5.82 Å². The van der Waals surface area contributed by atoms with Gasteiger partial charge in [0.1, 0.15) is 11.9 Å². The van der Waals surface area contributed by atoms with Crippen molar-refractivity contribution >= 4 is 23.2 Å². The molecule has 0 fully saturated rings. The van der Waals surface area contributed by atoms with Crippen molar-refractivity contribution in [1.82, 2.24) is 5.32 Å². The Morgan fingerprint density at radius 1 is 0.905 bits per heavy atom. The highest BCUT2D eigenvalue weighted by Gasteiger charge is 2.34. The summed E-state index contributed by atoms with van der Waals surface area (Å²) in [5.74, 6) is -0.318. The lowest BCUT2D eigenvalue weighted by molar-refractivity contribution is -0.126. The molecule has 0 saturated carbocycles. The van der Waals surface area contributed by atoms with E-state index in [9.17, 15) is 14.0 Å². The second-order valence-corrected chi connectivity index (χ2v) is 10.1. The minimum absolute atomic E-state index is 0.126. The van der Waals surface area contributed by atoms with E-state index in [4.69, 9.17) is 9.47 Å². The van der Waals surface area contributed by atoms with Gasteiger partial charge in [-0.1, -0.05) is 60.7 Å². The van der Waals surface area contributed by atoms with E-state index in [1.165, 1.54) is 42.9 Å². The van der Waals surface area contributed by atoms with Crippen LogP contribution < -0.4 is 24.6 Å². The first kappa shape index (κ1) is 28.7. The predicted octanol–water partition coefficient (Wildman–Crippen LogP) is 5.69. The van der Waals surface area contributed by atoms with E-state index in [0.717, 1.165) is 24.2 Å². The zero-order valence-corrected chi connectivity index (χ0v) is 23.8. The molecule has 5 rings (SSSR count). The second kappa shape index (κ2) is 13.2. The Morgan fingerprint density at radius 2 is 1.67 bits per heavy atom. The number of carbonyl (C=O) groups excluding carboxylic acids is 2. The fourth-order valence-corrected chi connectivity index (χ4v) is 5.38. The van der Waals surface area contributed by atoms with Gasteiger partial charge in [0.05, 0.1) is 14.2 Å². The number of nitrogens with one attached hydrogen (secondary N) is 1. The van der Waals surface area contributed by atoms with Crippen LogP contribution in [0.3, 0.4) is 0 Å². The Morgan fingerprint density at radius 3 is 2.43 bits per heavy atom. The lowest BCUT2D eigenvalue weighted by Gasteiger charge is -2.32. The molecule has 1 atom stereocenters. The van der Waals surface area contributed by atoms with Crippen molar-refractivity contribution in [1.29, 1.82) is 0 Å². The van der Waals surface area contributed by atoms with Crippen LogP contribution in [0.4, 0.5) is 15.8 Å². The number of halogens is 1. The van der Waals surface area contributed by atoms with Gasteiger partial charge in [0.25, 0.3) is 0 Å². The smallest absolute Gasteiger partial charge is 0.248 e. The molecular weight excluding hydrogens is 533 g/mol. The monoisotopic (exact) mass is 567 g/mol. The normalized spacial score (nSPS) is 12.8. The molecule has 0 unspecified atom stereocenters. The molecule has 1 heterocycles. The van der Waals surface area contributed by atoms with Gasteiger partial charge < -0.3 is 19.7 Å². The molecule has 0 bridgehead atoms. The number of benzene rings is 4. The lowest BCUT2D eigenvalue weighted by Crippen LogP contribution is -2.44. The van der Waals surface area contributed by atoms with Crippen LogP contribution in [0.15, 0.2) is 97.1 Å². The number of anilines is 2. The van der Waals surface area contributed by atoms with Gasteiger partial charge in [-0.25, -0.2) is 4.39 Å². The molecule has 0 aromatic heterocycles. The highest BCUT2D eigenvalue weighted by Crippen LogP contribution is 2.35. The SMILES string of the molecule is COc1ccc([C@@H](C(=O)NCc2ccccc2)N(C(=O)CCN2CCc3ccccc32)c2cccc(F)c2)cc1OC. The molecule has 8 heteroatoms. The first-order valence-electron chi connectivity index (χ1n) is 13.9. The number of hydrogen-bond donors (Lipinski definition) is 1. The molecule has 0 spiro atoms. The highest BCUT2D eigenvalue weighted by molar-refractivity contribution is 6.01. The Labute approximate surface area is 245 Å². The van der Waals surface area contributed by atoms with Gasteiger partial charge in [-0.15, -0.1) is 0 Å². The number of rotatable bonds is 11. The van der Waals surface area contributed by atoms with Crippen LogP contribution >= 0.6 is 0 Å². The summed E-state index contributed by atoms with van der Waals surface area (Å²) < 4.78 is 25.5. The summed E-state index contributed by atoms with van der Waals surface area (Å²) in [5, 5.41) is 2.98. The van der Waals surface area contributed by atoms with Gasteiger partial charge in [-0.2, -0.15) is 0 Å². The zero-order valence-electron chi connectivity index (χ0n) is 23.8. The number of methoxy groups -OCH3 is 2. The number of nitrogens with zero attached hydrogens (tertiary/aromatic N) is 2. The van der Waals surface area contributed by atoms with Crippen molar-refractivity contribution in [3.63, 3.8) is 0 Å². The van der Waals surface area contributed by atoms with Crippen molar-refractivity contribution in [2.45, 2.75) is 25.4 Å². The topological polar surface area (TPSA) is 71.1 Å². The van der Waals surface area contributed by atoms with Gasteiger partial charge in [0.15, 0.2) is 11.5 Å². The van der Waals surface area contributed by atoms with E-state index in [1.54, 1.807) is 24.3 Å². The molecule has 4 aromatic rings. The molecule has 216 valence electrons. The summed E-state index contributed by atoms with van der Waals surface area (Å²) in [7, 11) is 3.04. The maximum Gasteiger partial charge on any atom is 0.248 e. The number of fused-ring (bicyclic) bond motifs is 1. The zero-order chi connectivity index (χ0) is 29.5. The van der Waals surface area contributed by atoms with E-state index in [0.29, 0.717) is 23.6 Å². The highest BCUT2D eigenvalue weighted by atomic mass is 19.1. The third-order valence-electron chi connectivity index (χ3n) is 7.47. The van der Waals surface area contributed by atoms with Gasteiger partial charge in [0, 0.05) is 37.4 Å². The van der Waals surface area contributed by atoms with E-state index in [1.807, 2.05) is 42.5 Å². The average Bonchev–Trinajstić information content (AvgIpc) is 3.44. The van der Waals surface area contributed by atoms with Crippen molar-refractivity contribution in [3.8, 4) is 11.5 Å². The van der Waals surface area contributed by atoms with E-state index in [-0.39, 0.29) is 24.6 Å². The first-order chi connectivity index (χ1) is 20.5. The van der Waals surface area contributed by atoms with Crippen LogP contribution in [-0.4, -0.2) is 39.1 Å². The molecule has 4 aromatic carbocycles. The van der Waals surface area contributed by atoms with Crippen LogP contribution in [0.1, 0.15) is 29.2 Å². The third kappa shape index (κ3) is 6.38. The second-order valence-electron chi connectivity index (χ2n) is 10.1. The molecule has 1 N–H and O–H groups in total. The molecular formula is C34H34FN3O4. The molecule has 1 aliphatic heterocycles. The van der Waals surface area contributed by atoms with Crippen molar-refractivity contribution in [3.05, 3.63) is 120 Å². The Bertz CT molecular complexity index is 1550. The minimum atomic E-state index is -1.10. The predicted molar refractivity (Wildman–Crippen MR) is 161 cm³/mol. The number of para-hydroxylation sites is 1. The van der Waals surface area contributed by atoms with Crippen molar-refractivity contribution < 1.29 is 23.5 Å². The fraction of sp³-hybridized carbons (Fsp3) is 0.235. The quantitative estimate of drug-likeness (QED) is 0.252. The number of hydrogen-bond acceptors (Lipinski definition) is 5. The van der Waals surface area contributed by atoms with E-state index in [2.05, 4.69) is 22.3 Å². The number of ether oxygens (including phenoxy) is 2. The van der Waals surface area contributed by atoms with Crippen LogP contribution in [0.2, 0.25) is 0 Å². The standard InChI is InChI=1S/C34H34FN3O4/c1-41-30-16-15-26(21-31(30)42-2)33(34(40)36-23-24-9-4-3-5-10-24)38(28-13-8-12-27(35)22-28)32(39)18-20-37-19-17-25-11-6-7-14-29(25)37/h3-16,21-22,33H,17-20,23H2,1-2H3,(H,36,40)/t33-/m0/s1. The molecule has 2 amide bonds. The maximum atomic E-state index is 14.6. The largest absolute Gasteiger partial charge is 0.493 e. The van der Waals surface area contributed by atoms with Gasteiger partial charge >= 0.3 is 0 Å². The summed E-state index contributed by atoms with van der Waals surface area (Å²) in [6.45, 7) is 1.54. The maximum absolute atomic E-state index is 14.6. The van der Waals surface area contributed by atoms with Crippen LogP contribution in [0.25, 0.3) is 0 Å². The summed E-state index contributed by atoms with van der Waals surface area (Å²) in [5.41, 5.74) is 4.06. The summed E-state index contributed by atoms with van der Waals surface area (Å²) in [6.07, 6.45) is 1.04. The first-order valence-corrected chi connectivity index (χ1v) is 13.9. The third-order valence-corrected chi connectivity index (χ3v) is 7.47. The van der Waals surface area contributed by atoms with E-state index >= 15 is 0 Å². The van der Waals surface area contributed by atoms with Gasteiger partial charge in [-0.3, -0.25) is 14.5 Å². The molecule has 1 aliphatic rings. The van der Waals surface area contributed by atoms with Crippen molar-refractivity contribution in [2.24, 2.45) is 0 Å². The van der Waals surface area contributed by atoms with Gasteiger partial charge in [0.2, 0.25) is 11.8 Å².